The zero-order valence-corrected chi connectivity index (χ0v) is 12.6. The Morgan fingerprint density at radius 3 is 2.58 bits per heavy atom. The van der Waals surface area contributed by atoms with Crippen molar-refractivity contribution in [2.75, 3.05) is 14.2 Å². The second-order valence-electron chi connectivity index (χ2n) is 3.74. The van der Waals surface area contributed by atoms with Crippen LogP contribution < -0.4 is 0 Å². The monoisotopic (exact) mass is 374 g/mol. The van der Waals surface area contributed by atoms with E-state index >= 15 is 0 Å². The van der Waals surface area contributed by atoms with Crippen LogP contribution in [0.3, 0.4) is 0 Å². The molecule has 100 valence electrons. The standard InChI is InChI=1S/C13H12FIN2O2/c1-18-13(19-2)11-5-6-16-12(17-11)8-3-4-10(15)9(14)7-8/h3-7,13H,1-2H3. The van der Waals surface area contributed by atoms with Gasteiger partial charge in [0.2, 0.25) is 6.29 Å². The zero-order chi connectivity index (χ0) is 13.8. The number of benzene rings is 1. The van der Waals surface area contributed by atoms with Crippen molar-refractivity contribution in [1.29, 1.82) is 0 Å². The van der Waals surface area contributed by atoms with Crippen LogP contribution in [0.1, 0.15) is 12.0 Å². The normalized spacial score (nSPS) is 11.0. The van der Waals surface area contributed by atoms with Crippen LogP contribution in [0.5, 0.6) is 0 Å². The van der Waals surface area contributed by atoms with Crippen LogP contribution in [0, 0.1) is 9.39 Å². The average molecular weight is 374 g/mol. The van der Waals surface area contributed by atoms with E-state index in [-0.39, 0.29) is 5.82 Å². The van der Waals surface area contributed by atoms with E-state index in [9.17, 15) is 4.39 Å². The van der Waals surface area contributed by atoms with Gasteiger partial charge in [-0.2, -0.15) is 0 Å². The van der Waals surface area contributed by atoms with Crippen molar-refractivity contribution in [2.24, 2.45) is 0 Å². The number of nitrogens with zero attached hydrogens (tertiary/aromatic N) is 2. The van der Waals surface area contributed by atoms with Gasteiger partial charge in [0.05, 0.1) is 0 Å². The average Bonchev–Trinajstić information content (AvgIpc) is 2.44. The number of hydrogen-bond donors (Lipinski definition) is 0. The summed E-state index contributed by atoms with van der Waals surface area (Å²) in [4.78, 5) is 8.47. The molecule has 0 radical (unpaired) electrons. The van der Waals surface area contributed by atoms with Crippen molar-refractivity contribution in [3.05, 3.63) is 45.5 Å². The molecule has 1 aromatic carbocycles. The van der Waals surface area contributed by atoms with Crippen LogP contribution in [-0.4, -0.2) is 24.2 Å². The predicted octanol–water partition coefficient (Wildman–Crippen LogP) is 3.18. The van der Waals surface area contributed by atoms with Gasteiger partial charge in [-0.3, -0.25) is 0 Å². The highest BCUT2D eigenvalue weighted by atomic mass is 127. The molecule has 0 spiro atoms. The lowest BCUT2D eigenvalue weighted by Crippen LogP contribution is -2.07. The van der Waals surface area contributed by atoms with E-state index < -0.39 is 6.29 Å². The Labute approximate surface area is 124 Å². The maximum Gasteiger partial charge on any atom is 0.200 e. The first-order valence-electron chi connectivity index (χ1n) is 5.49. The molecule has 0 saturated heterocycles. The number of hydrogen-bond acceptors (Lipinski definition) is 4. The van der Waals surface area contributed by atoms with Crippen molar-refractivity contribution in [1.82, 2.24) is 9.97 Å². The molecule has 0 fully saturated rings. The second kappa shape index (κ2) is 6.36. The molecular formula is C13H12FIN2O2. The predicted molar refractivity (Wildman–Crippen MR) is 76.9 cm³/mol. The summed E-state index contributed by atoms with van der Waals surface area (Å²) in [5.41, 5.74) is 1.21. The summed E-state index contributed by atoms with van der Waals surface area (Å²) in [7, 11) is 3.06. The van der Waals surface area contributed by atoms with Gasteiger partial charge in [0.1, 0.15) is 11.5 Å². The Bertz CT molecular complexity index is 576. The number of rotatable bonds is 4. The van der Waals surface area contributed by atoms with Gasteiger partial charge >= 0.3 is 0 Å². The molecule has 1 aromatic heterocycles. The van der Waals surface area contributed by atoms with E-state index in [1.807, 2.05) is 22.6 Å². The molecule has 2 rings (SSSR count). The van der Waals surface area contributed by atoms with E-state index in [2.05, 4.69) is 9.97 Å². The maximum absolute atomic E-state index is 13.5. The molecular weight excluding hydrogens is 362 g/mol. The van der Waals surface area contributed by atoms with Crippen molar-refractivity contribution < 1.29 is 13.9 Å². The minimum absolute atomic E-state index is 0.290. The maximum atomic E-state index is 13.5. The lowest BCUT2D eigenvalue weighted by atomic mass is 10.2. The lowest BCUT2D eigenvalue weighted by molar-refractivity contribution is -0.108. The zero-order valence-electron chi connectivity index (χ0n) is 10.4. The van der Waals surface area contributed by atoms with E-state index in [0.717, 1.165) is 0 Å². The fraction of sp³-hybridized carbons (Fsp3) is 0.231. The lowest BCUT2D eigenvalue weighted by Gasteiger charge is -2.13. The number of methoxy groups -OCH3 is 2. The summed E-state index contributed by atoms with van der Waals surface area (Å²) in [6.45, 7) is 0. The van der Waals surface area contributed by atoms with Gasteiger partial charge in [-0.15, -0.1) is 0 Å². The first-order valence-corrected chi connectivity index (χ1v) is 6.57. The summed E-state index contributed by atoms with van der Waals surface area (Å²) in [6.07, 6.45) is 1.04. The van der Waals surface area contributed by atoms with Gasteiger partial charge in [0.25, 0.3) is 0 Å². The smallest absolute Gasteiger partial charge is 0.200 e. The van der Waals surface area contributed by atoms with Crippen LogP contribution in [0.15, 0.2) is 30.5 Å². The molecule has 0 amide bonds. The van der Waals surface area contributed by atoms with E-state index in [1.165, 1.54) is 20.3 Å². The SMILES string of the molecule is COC(OC)c1ccnc(-c2ccc(I)c(F)c2)n1. The largest absolute Gasteiger partial charge is 0.350 e. The topological polar surface area (TPSA) is 44.2 Å². The van der Waals surface area contributed by atoms with Gasteiger partial charge in [-0.25, -0.2) is 14.4 Å². The molecule has 19 heavy (non-hydrogen) atoms. The fourth-order valence-electron chi connectivity index (χ4n) is 1.62. The van der Waals surface area contributed by atoms with Crippen molar-refractivity contribution in [2.45, 2.75) is 6.29 Å². The molecule has 6 heteroatoms. The molecule has 0 N–H and O–H groups in total. The Balaban J connectivity index is 2.40. The molecule has 2 aromatic rings. The van der Waals surface area contributed by atoms with Gasteiger partial charge in [-0.05, 0) is 46.9 Å². The third-order valence-electron chi connectivity index (χ3n) is 2.52. The van der Waals surface area contributed by atoms with Gasteiger partial charge < -0.3 is 9.47 Å². The minimum atomic E-state index is -0.560. The minimum Gasteiger partial charge on any atom is -0.350 e. The van der Waals surface area contributed by atoms with Crippen molar-refractivity contribution >= 4 is 22.6 Å². The highest BCUT2D eigenvalue weighted by molar-refractivity contribution is 14.1. The number of aromatic nitrogens is 2. The second-order valence-corrected chi connectivity index (χ2v) is 4.90. The van der Waals surface area contributed by atoms with Crippen LogP contribution in [-0.2, 0) is 9.47 Å². The first-order chi connectivity index (χ1) is 9.15. The van der Waals surface area contributed by atoms with Crippen molar-refractivity contribution in [3.8, 4) is 11.4 Å². The number of halogens is 2. The Hall–Kier alpha value is -1.12. The molecule has 0 aliphatic heterocycles. The highest BCUT2D eigenvalue weighted by Crippen LogP contribution is 2.22. The molecule has 0 aliphatic rings. The quantitative estimate of drug-likeness (QED) is 0.609. The number of ether oxygens (including phenoxy) is 2. The van der Waals surface area contributed by atoms with E-state index in [4.69, 9.17) is 9.47 Å². The summed E-state index contributed by atoms with van der Waals surface area (Å²) < 4.78 is 24.4. The van der Waals surface area contributed by atoms with E-state index in [0.29, 0.717) is 20.7 Å². The molecule has 0 saturated carbocycles. The molecule has 0 unspecified atom stereocenters. The molecule has 0 aliphatic carbocycles. The third kappa shape index (κ3) is 3.26. The van der Waals surface area contributed by atoms with Crippen LogP contribution in [0.2, 0.25) is 0 Å². The Kier molecular flexibility index (Phi) is 4.78. The molecule has 1 heterocycles. The summed E-state index contributed by atoms with van der Waals surface area (Å²) in [5.74, 6) is 0.147. The fourth-order valence-corrected chi connectivity index (χ4v) is 1.95. The summed E-state index contributed by atoms with van der Waals surface area (Å²) >= 11 is 1.93. The summed E-state index contributed by atoms with van der Waals surface area (Å²) in [6, 6.07) is 6.57. The molecule has 0 bridgehead atoms. The molecule has 4 nitrogen and oxygen atoms in total. The van der Waals surface area contributed by atoms with Crippen LogP contribution in [0.25, 0.3) is 11.4 Å². The highest BCUT2D eigenvalue weighted by Gasteiger charge is 2.13. The van der Waals surface area contributed by atoms with Gasteiger partial charge in [0, 0.05) is 29.6 Å². The Morgan fingerprint density at radius 2 is 1.95 bits per heavy atom. The first kappa shape index (κ1) is 14.3. The van der Waals surface area contributed by atoms with Crippen LogP contribution >= 0.6 is 22.6 Å². The van der Waals surface area contributed by atoms with Crippen LogP contribution in [0.4, 0.5) is 4.39 Å². The van der Waals surface area contributed by atoms with E-state index in [1.54, 1.807) is 24.4 Å². The molecule has 0 atom stereocenters. The Morgan fingerprint density at radius 1 is 1.21 bits per heavy atom. The van der Waals surface area contributed by atoms with Crippen molar-refractivity contribution in [3.63, 3.8) is 0 Å². The summed E-state index contributed by atoms with van der Waals surface area (Å²) in [5, 5.41) is 0. The van der Waals surface area contributed by atoms with Gasteiger partial charge in [0.15, 0.2) is 5.82 Å². The van der Waals surface area contributed by atoms with Gasteiger partial charge in [-0.1, -0.05) is 0 Å². The third-order valence-corrected chi connectivity index (χ3v) is 3.40.